The number of likely N-dealkylation sites (tertiary alicyclic amines) is 1. The Balaban J connectivity index is 1.68. The Kier molecular flexibility index (Phi) is 4.28. The third-order valence-corrected chi connectivity index (χ3v) is 5.65. The van der Waals surface area contributed by atoms with Gasteiger partial charge in [0.1, 0.15) is 10.6 Å². The van der Waals surface area contributed by atoms with E-state index in [0.717, 1.165) is 42.0 Å². The van der Waals surface area contributed by atoms with Crippen molar-refractivity contribution in [3.8, 4) is 11.4 Å². The van der Waals surface area contributed by atoms with Gasteiger partial charge in [-0.1, -0.05) is 5.16 Å². The van der Waals surface area contributed by atoms with Gasteiger partial charge in [0.05, 0.1) is 34.2 Å². The molecule has 1 amide bonds. The van der Waals surface area contributed by atoms with Gasteiger partial charge in [0.25, 0.3) is 5.91 Å². The van der Waals surface area contributed by atoms with Gasteiger partial charge in [0.15, 0.2) is 5.82 Å². The molecule has 26 heavy (non-hydrogen) atoms. The lowest BCUT2D eigenvalue weighted by molar-refractivity contribution is 0.0737. The molecule has 1 fully saturated rings. The van der Waals surface area contributed by atoms with Crippen molar-refractivity contribution >= 4 is 17.2 Å². The second kappa shape index (κ2) is 6.60. The fourth-order valence-electron chi connectivity index (χ4n) is 3.44. The number of hydrogen-bond acceptors (Lipinski definition) is 7. The summed E-state index contributed by atoms with van der Waals surface area (Å²) in [7, 11) is 0. The standard InChI is InChI=1S/C18H19N5O2S/c1-10-15(12(3)25-22-10)17-19-7-6-13(21-17)14-5-4-8-23(14)18(24)16-11(2)20-9-26-16/h6-7,9,14H,4-5,8H2,1-3H3/t14-/m0/s1. The molecule has 0 radical (unpaired) electrons. The minimum absolute atomic E-state index is 0.0324. The van der Waals surface area contributed by atoms with Crippen LogP contribution < -0.4 is 0 Å². The molecule has 4 heterocycles. The van der Waals surface area contributed by atoms with E-state index >= 15 is 0 Å². The van der Waals surface area contributed by atoms with Gasteiger partial charge in [-0.05, 0) is 39.7 Å². The molecule has 1 saturated heterocycles. The van der Waals surface area contributed by atoms with Gasteiger partial charge in [0, 0.05) is 12.7 Å². The molecule has 4 rings (SSSR count). The number of rotatable bonds is 3. The zero-order chi connectivity index (χ0) is 18.3. The van der Waals surface area contributed by atoms with Crippen molar-refractivity contribution in [2.24, 2.45) is 0 Å². The zero-order valence-electron chi connectivity index (χ0n) is 14.9. The third-order valence-electron chi connectivity index (χ3n) is 4.73. The first-order chi connectivity index (χ1) is 12.6. The Hall–Kier alpha value is -2.61. The summed E-state index contributed by atoms with van der Waals surface area (Å²) < 4.78 is 5.24. The number of nitrogens with zero attached hydrogens (tertiary/aromatic N) is 5. The second-order valence-electron chi connectivity index (χ2n) is 6.43. The average molecular weight is 369 g/mol. The maximum Gasteiger partial charge on any atom is 0.266 e. The molecule has 1 aliphatic heterocycles. The normalized spacial score (nSPS) is 17.0. The van der Waals surface area contributed by atoms with E-state index in [0.29, 0.717) is 16.5 Å². The summed E-state index contributed by atoms with van der Waals surface area (Å²) in [5.74, 6) is 1.32. The summed E-state index contributed by atoms with van der Waals surface area (Å²) in [6.45, 7) is 6.32. The molecule has 0 unspecified atom stereocenters. The first-order valence-corrected chi connectivity index (χ1v) is 9.41. The fraction of sp³-hybridized carbons (Fsp3) is 0.389. The topological polar surface area (TPSA) is 85.0 Å². The number of thiazole rings is 1. The van der Waals surface area contributed by atoms with Crippen LogP contribution in [-0.4, -0.2) is 37.5 Å². The van der Waals surface area contributed by atoms with Crippen LogP contribution in [-0.2, 0) is 0 Å². The van der Waals surface area contributed by atoms with Crippen LogP contribution >= 0.6 is 11.3 Å². The van der Waals surface area contributed by atoms with Crippen LogP contribution in [0.25, 0.3) is 11.4 Å². The summed E-state index contributed by atoms with van der Waals surface area (Å²) in [5.41, 5.74) is 4.93. The molecule has 134 valence electrons. The minimum Gasteiger partial charge on any atom is -0.361 e. The van der Waals surface area contributed by atoms with Gasteiger partial charge in [-0.2, -0.15) is 0 Å². The lowest BCUT2D eigenvalue weighted by Gasteiger charge is -2.24. The monoisotopic (exact) mass is 369 g/mol. The number of hydrogen-bond donors (Lipinski definition) is 0. The van der Waals surface area contributed by atoms with Crippen LogP contribution in [0.2, 0.25) is 0 Å². The number of amides is 1. The van der Waals surface area contributed by atoms with Gasteiger partial charge >= 0.3 is 0 Å². The summed E-state index contributed by atoms with van der Waals surface area (Å²) in [6, 6.07) is 1.84. The summed E-state index contributed by atoms with van der Waals surface area (Å²) in [6.07, 6.45) is 3.59. The Morgan fingerprint density at radius 1 is 1.27 bits per heavy atom. The molecule has 0 N–H and O–H groups in total. The molecule has 0 spiro atoms. The lowest BCUT2D eigenvalue weighted by atomic mass is 10.1. The highest BCUT2D eigenvalue weighted by molar-refractivity contribution is 7.11. The van der Waals surface area contributed by atoms with E-state index in [9.17, 15) is 4.79 Å². The van der Waals surface area contributed by atoms with Crippen molar-refractivity contribution in [1.29, 1.82) is 0 Å². The predicted octanol–water partition coefficient (Wildman–Crippen LogP) is 3.49. The van der Waals surface area contributed by atoms with Crippen LogP contribution in [0.4, 0.5) is 0 Å². The summed E-state index contributed by atoms with van der Waals surface area (Å²) >= 11 is 1.39. The van der Waals surface area contributed by atoms with E-state index in [1.54, 1.807) is 11.7 Å². The van der Waals surface area contributed by atoms with Gasteiger partial charge < -0.3 is 9.42 Å². The predicted molar refractivity (Wildman–Crippen MR) is 96.9 cm³/mol. The number of aromatic nitrogens is 4. The maximum atomic E-state index is 13.0. The first-order valence-electron chi connectivity index (χ1n) is 8.53. The van der Waals surface area contributed by atoms with Crippen LogP contribution in [0.3, 0.4) is 0 Å². The highest BCUT2D eigenvalue weighted by Crippen LogP contribution is 2.34. The molecule has 0 aromatic carbocycles. The highest BCUT2D eigenvalue weighted by atomic mass is 32.1. The molecule has 3 aromatic heterocycles. The smallest absolute Gasteiger partial charge is 0.266 e. The molecule has 3 aromatic rings. The summed E-state index contributed by atoms with van der Waals surface area (Å²) in [4.78, 5) is 28.9. The van der Waals surface area contributed by atoms with Crippen molar-refractivity contribution in [1.82, 2.24) is 25.0 Å². The Bertz CT molecular complexity index is 945. The van der Waals surface area contributed by atoms with Crippen LogP contribution in [0.5, 0.6) is 0 Å². The molecular weight excluding hydrogens is 350 g/mol. The molecule has 1 atom stereocenters. The zero-order valence-corrected chi connectivity index (χ0v) is 15.7. The van der Waals surface area contributed by atoms with Crippen molar-refractivity contribution in [3.63, 3.8) is 0 Å². The van der Waals surface area contributed by atoms with Crippen LogP contribution in [0.15, 0.2) is 22.3 Å². The van der Waals surface area contributed by atoms with Crippen molar-refractivity contribution in [2.75, 3.05) is 6.54 Å². The summed E-state index contributed by atoms with van der Waals surface area (Å²) in [5, 5.41) is 3.98. The number of carbonyl (C=O) groups excluding carboxylic acids is 1. The Morgan fingerprint density at radius 3 is 2.81 bits per heavy atom. The number of carbonyl (C=O) groups is 1. The first kappa shape index (κ1) is 16.8. The van der Waals surface area contributed by atoms with E-state index in [1.165, 1.54) is 11.3 Å². The second-order valence-corrected chi connectivity index (χ2v) is 7.28. The van der Waals surface area contributed by atoms with Crippen molar-refractivity contribution in [3.05, 3.63) is 45.5 Å². The number of aryl methyl sites for hydroxylation is 3. The molecule has 0 saturated carbocycles. The maximum absolute atomic E-state index is 13.0. The largest absolute Gasteiger partial charge is 0.361 e. The van der Waals surface area contributed by atoms with E-state index in [2.05, 4.69) is 15.1 Å². The van der Waals surface area contributed by atoms with Crippen LogP contribution in [0, 0.1) is 20.8 Å². The van der Waals surface area contributed by atoms with Gasteiger partial charge in [-0.3, -0.25) is 4.79 Å². The Morgan fingerprint density at radius 2 is 2.12 bits per heavy atom. The van der Waals surface area contributed by atoms with Gasteiger partial charge in [0.2, 0.25) is 0 Å². The van der Waals surface area contributed by atoms with E-state index in [1.807, 2.05) is 31.7 Å². The van der Waals surface area contributed by atoms with E-state index in [-0.39, 0.29) is 11.9 Å². The molecule has 1 aliphatic rings. The van der Waals surface area contributed by atoms with E-state index in [4.69, 9.17) is 9.51 Å². The van der Waals surface area contributed by atoms with Crippen molar-refractivity contribution in [2.45, 2.75) is 39.7 Å². The quantitative estimate of drug-likeness (QED) is 0.702. The highest BCUT2D eigenvalue weighted by Gasteiger charge is 2.33. The molecule has 8 heteroatoms. The Labute approximate surface area is 155 Å². The lowest BCUT2D eigenvalue weighted by Crippen LogP contribution is -2.31. The van der Waals surface area contributed by atoms with Gasteiger partial charge in [-0.25, -0.2) is 15.0 Å². The van der Waals surface area contributed by atoms with E-state index < -0.39 is 0 Å². The molecular formula is C18H19N5O2S. The molecule has 7 nitrogen and oxygen atoms in total. The van der Waals surface area contributed by atoms with Crippen molar-refractivity contribution < 1.29 is 9.32 Å². The molecule has 0 aliphatic carbocycles. The third kappa shape index (κ3) is 2.80. The average Bonchev–Trinajstić information content (AvgIpc) is 3.35. The van der Waals surface area contributed by atoms with Gasteiger partial charge in [-0.15, -0.1) is 11.3 Å². The fourth-order valence-corrected chi connectivity index (χ4v) is 4.19. The molecule has 0 bridgehead atoms. The SMILES string of the molecule is Cc1ncsc1C(=O)N1CCC[C@H]1c1ccnc(-c2c(C)noc2C)n1. The van der Waals surface area contributed by atoms with Crippen LogP contribution in [0.1, 0.15) is 51.4 Å². The minimum atomic E-state index is -0.0498.